The minimum absolute atomic E-state index is 0.281. The Bertz CT molecular complexity index is 598. The number of carbonyl (C=O) groups is 1. The highest BCUT2D eigenvalue weighted by atomic mass is 35.5. The molecular weight excluding hydrogens is 289 g/mol. The third-order valence-corrected chi connectivity index (χ3v) is 3.11. The van der Waals surface area contributed by atoms with E-state index in [4.69, 9.17) is 27.9 Å². The van der Waals surface area contributed by atoms with Crippen molar-refractivity contribution in [1.82, 2.24) is 14.8 Å². The molecule has 2 aromatic heterocycles. The molecule has 0 amide bonds. The zero-order chi connectivity index (χ0) is 13.8. The van der Waals surface area contributed by atoms with Crippen LogP contribution >= 0.6 is 23.2 Å². The lowest BCUT2D eigenvalue weighted by Gasteiger charge is -2.07. The molecule has 0 aliphatic heterocycles. The van der Waals surface area contributed by atoms with E-state index in [1.807, 2.05) is 0 Å². The van der Waals surface area contributed by atoms with Crippen LogP contribution in [0.15, 0.2) is 24.7 Å². The highest BCUT2D eigenvalue weighted by Crippen LogP contribution is 2.23. The lowest BCUT2D eigenvalue weighted by atomic mass is 10.1. The van der Waals surface area contributed by atoms with Gasteiger partial charge in [0.1, 0.15) is 5.69 Å². The summed E-state index contributed by atoms with van der Waals surface area (Å²) in [6.07, 6.45) is 4.35. The molecule has 7 heteroatoms. The summed E-state index contributed by atoms with van der Waals surface area (Å²) in [5.41, 5.74) is 0.643. The van der Waals surface area contributed by atoms with Crippen molar-refractivity contribution < 1.29 is 9.53 Å². The summed E-state index contributed by atoms with van der Waals surface area (Å²) < 4.78 is 6.47. The topological polar surface area (TPSA) is 57.0 Å². The number of halogens is 2. The quantitative estimate of drug-likeness (QED) is 0.796. The predicted molar refractivity (Wildman–Crippen MR) is 71.8 cm³/mol. The second kappa shape index (κ2) is 6.14. The summed E-state index contributed by atoms with van der Waals surface area (Å²) in [5, 5.41) is 4.62. The molecule has 2 heterocycles. The average Bonchev–Trinajstić information content (AvgIpc) is 2.77. The van der Waals surface area contributed by atoms with E-state index in [2.05, 4.69) is 10.1 Å². The molecule has 0 spiro atoms. The zero-order valence-corrected chi connectivity index (χ0v) is 11.6. The van der Waals surface area contributed by atoms with E-state index in [9.17, 15) is 4.79 Å². The van der Waals surface area contributed by atoms with Crippen LogP contribution in [0, 0.1) is 0 Å². The van der Waals surface area contributed by atoms with Crippen molar-refractivity contribution in [2.45, 2.75) is 6.54 Å². The van der Waals surface area contributed by atoms with Crippen LogP contribution in [0.1, 0.15) is 16.1 Å². The molecule has 0 unspecified atom stereocenters. The lowest BCUT2D eigenvalue weighted by Crippen LogP contribution is -2.15. The van der Waals surface area contributed by atoms with Gasteiger partial charge in [0.05, 0.1) is 29.4 Å². The van der Waals surface area contributed by atoms with Crippen molar-refractivity contribution in [1.29, 1.82) is 0 Å². The molecule has 0 aromatic carbocycles. The monoisotopic (exact) mass is 299 g/mol. The smallest absolute Gasteiger partial charge is 0.214 e. The molecule has 2 rings (SSSR count). The first-order chi connectivity index (χ1) is 9.15. The molecule has 0 bridgehead atoms. The molecule has 0 aliphatic rings. The van der Waals surface area contributed by atoms with Crippen molar-refractivity contribution >= 4 is 29.0 Å². The summed E-state index contributed by atoms with van der Waals surface area (Å²) in [6, 6.07) is 1.55. The standard InChI is InChI=1S/C12H11Cl2N3O2/c1-19-5-4-17-11(10(14)7-16-17)12(18)8-2-3-15-6-9(8)13/h2-3,6-7H,4-5H2,1H3. The van der Waals surface area contributed by atoms with Crippen LogP contribution in [-0.2, 0) is 11.3 Å². The van der Waals surface area contributed by atoms with Crippen molar-refractivity contribution in [3.05, 3.63) is 46.0 Å². The normalized spacial score (nSPS) is 10.7. The van der Waals surface area contributed by atoms with Gasteiger partial charge in [0.15, 0.2) is 0 Å². The number of ketones is 1. The molecule has 0 N–H and O–H groups in total. The number of aromatic nitrogens is 3. The molecule has 0 saturated carbocycles. The number of nitrogens with zero attached hydrogens (tertiary/aromatic N) is 3. The van der Waals surface area contributed by atoms with Crippen LogP contribution in [0.2, 0.25) is 10.0 Å². The van der Waals surface area contributed by atoms with E-state index in [1.165, 1.54) is 23.3 Å². The zero-order valence-electron chi connectivity index (χ0n) is 10.1. The lowest BCUT2D eigenvalue weighted by molar-refractivity contribution is 0.102. The number of pyridine rings is 1. The fourth-order valence-corrected chi connectivity index (χ4v) is 2.05. The second-order valence-electron chi connectivity index (χ2n) is 3.74. The molecule has 0 fully saturated rings. The predicted octanol–water partition coefficient (Wildman–Crippen LogP) is 2.46. The van der Waals surface area contributed by atoms with Crippen molar-refractivity contribution in [3.63, 3.8) is 0 Å². The van der Waals surface area contributed by atoms with Gasteiger partial charge in [-0.1, -0.05) is 23.2 Å². The molecule has 5 nitrogen and oxygen atoms in total. The van der Waals surface area contributed by atoms with Gasteiger partial charge in [-0.05, 0) is 6.07 Å². The number of ether oxygens (including phenoxy) is 1. The van der Waals surface area contributed by atoms with Crippen LogP contribution in [-0.4, -0.2) is 34.3 Å². The number of methoxy groups -OCH3 is 1. The summed E-state index contributed by atoms with van der Waals surface area (Å²) in [6.45, 7) is 0.870. The summed E-state index contributed by atoms with van der Waals surface area (Å²) >= 11 is 12.0. The van der Waals surface area contributed by atoms with Gasteiger partial charge >= 0.3 is 0 Å². The van der Waals surface area contributed by atoms with Crippen LogP contribution in [0.25, 0.3) is 0 Å². The summed E-state index contributed by atoms with van der Waals surface area (Å²) in [4.78, 5) is 16.3. The molecule has 2 aromatic rings. The van der Waals surface area contributed by atoms with Gasteiger partial charge in [-0.3, -0.25) is 14.5 Å². The number of carbonyl (C=O) groups excluding carboxylic acids is 1. The van der Waals surface area contributed by atoms with E-state index in [-0.39, 0.29) is 15.8 Å². The van der Waals surface area contributed by atoms with E-state index in [0.29, 0.717) is 24.4 Å². The first-order valence-electron chi connectivity index (χ1n) is 5.49. The fourth-order valence-electron chi connectivity index (χ4n) is 1.62. The highest BCUT2D eigenvalue weighted by molar-refractivity contribution is 6.37. The number of hydrogen-bond acceptors (Lipinski definition) is 4. The maximum Gasteiger partial charge on any atom is 0.214 e. The van der Waals surface area contributed by atoms with Gasteiger partial charge in [-0.25, -0.2) is 0 Å². The van der Waals surface area contributed by atoms with Gasteiger partial charge in [0, 0.05) is 25.1 Å². The SMILES string of the molecule is COCCn1ncc(Cl)c1C(=O)c1ccncc1Cl. The van der Waals surface area contributed by atoms with Crippen molar-refractivity contribution in [2.75, 3.05) is 13.7 Å². The molecule has 0 radical (unpaired) electrons. The van der Waals surface area contributed by atoms with Crippen molar-refractivity contribution in [2.24, 2.45) is 0 Å². The molecule has 0 aliphatic carbocycles. The molecular formula is C12H11Cl2N3O2. The summed E-state index contributed by atoms with van der Waals surface area (Å²) in [5.74, 6) is -0.286. The largest absolute Gasteiger partial charge is 0.383 e. The van der Waals surface area contributed by atoms with Crippen LogP contribution in [0.3, 0.4) is 0 Å². The maximum atomic E-state index is 12.4. The molecule has 100 valence electrons. The summed E-state index contributed by atoms with van der Waals surface area (Å²) in [7, 11) is 1.58. The fraction of sp³-hybridized carbons (Fsp3) is 0.250. The van der Waals surface area contributed by atoms with Gasteiger partial charge in [-0.15, -0.1) is 0 Å². The van der Waals surface area contributed by atoms with Gasteiger partial charge in [-0.2, -0.15) is 5.10 Å². The Kier molecular flexibility index (Phi) is 4.52. The Hall–Kier alpha value is -1.43. The van der Waals surface area contributed by atoms with Crippen LogP contribution in [0.4, 0.5) is 0 Å². The molecule has 19 heavy (non-hydrogen) atoms. The van der Waals surface area contributed by atoms with Crippen molar-refractivity contribution in [3.8, 4) is 0 Å². The van der Waals surface area contributed by atoms with Gasteiger partial charge < -0.3 is 4.74 Å². The second-order valence-corrected chi connectivity index (χ2v) is 4.56. The van der Waals surface area contributed by atoms with E-state index < -0.39 is 0 Å². The van der Waals surface area contributed by atoms with E-state index in [1.54, 1.807) is 13.2 Å². The Labute approximate surface area is 120 Å². The van der Waals surface area contributed by atoms with E-state index >= 15 is 0 Å². The molecule has 0 saturated heterocycles. The number of rotatable bonds is 5. The minimum atomic E-state index is -0.286. The Morgan fingerprint density at radius 2 is 2.16 bits per heavy atom. The van der Waals surface area contributed by atoms with Gasteiger partial charge in [0.2, 0.25) is 5.78 Å². The molecule has 0 atom stereocenters. The first kappa shape index (κ1) is 14.0. The minimum Gasteiger partial charge on any atom is -0.383 e. The average molecular weight is 300 g/mol. The highest BCUT2D eigenvalue weighted by Gasteiger charge is 2.21. The maximum absolute atomic E-state index is 12.4. The van der Waals surface area contributed by atoms with Gasteiger partial charge in [0.25, 0.3) is 0 Å². The van der Waals surface area contributed by atoms with E-state index in [0.717, 1.165) is 0 Å². The Morgan fingerprint density at radius 1 is 1.37 bits per heavy atom. The Balaban J connectivity index is 2.39. The Morgan fingerprint density at radius 3 is 2.84 bits per heavy atom. The third kappa shape index (κ3) is 2.94. The van der Waals surface area contributed by atoms with Crippen LogP contribution in [0.5, 0.6) is 0 Å². The number of hydrogen-bond donors (Lipinski definition) is 0. The first-order valence-corrected chi connectivity index (χ1v) is 6.25. The third-order valence-electron chi connectivity index (χ3n) is 2.53. The van der Waals surface area contributed by atoms with Crippen LogP contribution < -0.4 is 0 Å².